The molecule has 0 radical (unpaired) electrons. The molecule has 0 aliphatic heterocycles. The third kappa shape index (κ3) is 3.85. The molecular formula is C14H18N4OS. The van der Waals surface area contributed by atoms with Crippen molar-refractivity contribution in [3.05, 3.63) is 40.5 Å². The van der Waals surface area contributed by atoms with Crippen LogP contribution in [0.25, 0.3) is 0 Å². The topological polar surface area (TPSA) is 58.1 Å². The quantitative estimate of drug-likeness (QED) is 0.918. The zero-order chi connectivity index (χ0) is 14.5. The molecule has 1 atom stereocenters. The molecule has 5 nitrogen and oxygen atoms in total. The van der Waals surface area contributed by atoms with Crippen LogP contribution >= 0.6 is 11.3 Å². The lowest BCUT2D eigenvalue weighted by Crippen LogP contribution is -2.39. The Kier molecular flexibility index (Phi) is 4.81. The minimum Gasteiger partial charge on any atom is -0.309 e. The van der Waals surface area contributed by atoms with Crippen molar-refractivity contribution in [1.82, 2.24) is 14.9 Å². The van der Waals surface area contributed by atoms with Gasteiger partial charge < -0.3 is 5.32 Å². The molecule has 0 aliphatic carbocycles. The van der Waals surface area contributed by atoms with Gasteiger partial charge in [0.25, 0.3) is 0 Å². The Morgan fingerprint density at radius 1 is 1.50 bits per heavy atom. The normalized spacial score (nSPS) is 12.4. The third-order valence-corrected chi connectivity index (χ3v) is 3.96. The number of nitrogens with one attached hydrogen (secondary N) is 1. The number of anilines is 1. The molecule has 0 saturated carbocycles. The predicted octanol–water partition coefficient (Wildman–Crippen LogP) is 2.31. The van der Waals surface area contributed by atoms with Crippen LogP contribution in [0, 0.1) is 6.92 Å². The molecule has 106 valence electrons. The lowest BCUT2D eigenvalue weighted by atomic mass is 10.2. The van der Waals surface area contributed by atoms with Gasteiger partial charge in [0, 0.05) is 17.3 Å². The van der Waals surface area contributed by atoms with Crippen molar-refractivity contribution in [1.29, 1.82) is 0 Å². The number of thiazole rings is 1. The van der Waals surface area contributed by atoms with E-state index in [0.717, 1.165) is 10.7 Å². The first-order valence-electron chi connectivity index (χ1n) is 6.39. The molecule has 0 unspecified atom stereocenters. The summed E-state index contributed by atoms with van der Waals surface area (Å²) in [6.07, 6.45) is 1.66. The van der Waals surface area contributed by atoms with Gasteiger partial charge in [-0.2, -0.15) is 0 Å². The van der Waals surface area contributed by atoms with E-state index in [-0.39, 0.29) is 11.9 Å². The minimum atomic E-state index is -0.249. The van der Waals surface area contributed by atoms with E-state index in [2.05, 4.69) is 15.3 Å². The van der Waals surface area contributed by atoms with Gasteiger partial charge in [0.2, 0.25) is 5.91 Å². The maximum absolute atomic E-state index is 12.1. The molecule has 0 saturated heterocycles. The smallest absolute Gasteiger partial charge is 0.242 e. The van der Waals surface area contributed by atoms with Gasteiger partial charge in [0.05, 0.1) is 12.6 Å². The molecule has 2 heterocycles. The highest BCUT2D eigenvalue weighted by atomic mass is 32.1. The number of hydrogen-bond donors (Lipinski definition) is 1. The fraction of sp³-hybridized carbons (Fsp3) is 0.357. The molecule has 1 amide bonds. The summed E-state index contributed by atoms with van der Waals surface area (Å²) < 4.78 is 0. The molecule has 6 heteroatoms. The van der Waals surface area contributed by atoms with E-state index in [1.807, 2.05) is 43.3 Å². The monoisotopic (exact) mass is 290 g/mol. The van der Waals surface area contributed by atoms with Crippen LogP contribution in [0.2, 0.25) is 0 Å². The van der Waals surface area contributed by atoms with Gasteiger partial charge in [-0.1, -0.05) is 6.07 Å². The number of rotatable bonds is 5. The number of hydrogen-bond acceptors (Lipinski definition) is 5. The van der Waals surface area contributed by atoms with Crippen molar-refractivity contribution in [2.45, 2.75) is 26.4 Å². The first kappa shape index (κ1) is 14.6. The molecule has 2 aromatic rings. The Morgan fingerprint density at radius 2 is 2.30 bits per heavy atom. The van der Waals surface area contributed by atoms with E-state index in [9.17, 15) is 4.79 Å². The maximum atomic E-state index is 12.1. The van der Waals surface area contributed by atoms with E-state index in [1.165, 1.54) is 0 Å². The first-order valence-corrected chi connectivity index (χ1v) is 7.27. The zero-order valence-corrected chi connectivity index (χ0v) is 12.6. The molecular weight excluding hydrogens is 272 g/mol. The standard InChI is InChI=1S/C14H18N4OS/c1-10-9-20-13(16-10)8-18(3)11(2)14(19)17-12-6-4-5-7-15-12/h4-7,9,11H,8H2,1-3H3,(H,15,17,19)/t11-/m0/s1. The van der Waals surface area contributed by atoms with E-state index in [1.54, 1.807) is 23.6 Å². The number of amides is 1. The first-order chi connectivity index (χ1) is 9.56. The van der Waals surface area contributed by atoms with Gasteiger partial charge in [0.15, 0.2) is 0 Å². The number of pyridine rings is 1. The Labute approximate surface area is 122 Å². The largest absolute Gasteiger partial charge is 0.309 e. The summed E-state index contributed by atoms with van der Waals surface area (Å²) in [6, 6.07) is 5.18. The number of aromatic nitrogens is 2. The summed E-state index contributed by atoms with van der Waals surface area (Å²) in [6.45, 7) is 4.51. The van der Waals surface area contributed by atoms with E-state index in [0.29, 0.717) is 12.4 Å². The predicted molar refractivity (Wildman–Crippen MR) is 80.6 cm³/mol. The third-order valence-electron chi connectivity index (χ3n) is 3.01. The molecule has 0 fully saturated rings. The number of aryl methyl sites for hydroxylation is 1. The minimum absolute atomic E-state index is 0.0699. The number of carbonyl (C=O) groups excluding carboxylic acids is 1. The highest BCUT2D eigenvalue weighted by molar-refractivity contribution is 7.09. The van der Waals surface area contributed by atoms with Crippen molar-refractivity contribution < 1.29 is 4.79 Å². The molecule has 2 rings (SSSR count). The SMILES string of the molecule is Cc1csc(CN(C)[C@@H](C)C(=O)Nc2ccccn2)n1. The summed E-state index contributed by atoms with van der Waals surface area (Å²) in [7, 11) is 1.92. The molecule has 0 aliphatic rings. The Hall–Kier alpha value is -1.79. The second-order valence-corrected chi connectivity index (χ2v) is 5.62. The lowest BCUT2D eigenvalue weighted by Gasteiger charge is -2.22. The second kappa shape index (κ2) is 6.58. The molecule has 1 N–H and O–H groups in total. The van der Waals surface area contributed by atoms with Crippen LogP contribution in [0.4, 0.5) is 5.82 Å². The van der Waals surface area contributed by atoms with E-state index >= 15 is 0 Å². The lowest BCUT2D eigenvalue weighted by molar-refractivity contribution is -0.120. The zero-order valence-electron chi connectivity index (χ0n) is 11.8. The van der Waals surface area contributed by atoms with Gasteiger partial charge >= 0.3 is 0 Å². The van der Waals surface area contributed by atoms with Crippen molar-refractivity contribution in [3.63, 3.8) is 0 Å². The van der Waals surface area contributed by atoms with Crippen LogP contribution in [0.5, 0.6) is 0 Å². The highest BCUT2D eigenvalue weighted by Crippen LogP contribution is 2.13. The van der Waals surface area contributed by atoms with E-state index < -0.39 is 0 Å². The Balaban J connectivity index is 1.92. The maximum Gasteiger partial charge on any atom is 0.242 e. The highest BCUT2D eigenvalue weighted by Gasteiger charge is 2.19. The summed E-state index contributed by atoms with van der Waals surface area (Å²) >= 11 is 1.61. The Bertz CT molecular complexity index is 570. The van der Waals surface area contributed by atoms with Crippen LogP contribution in [0.1, 0.15) is 17.6 Å². The molecule has 0 bridgehead atoms. The summed E-state index contributed by atoms with van der Waals surface area (Å²) in [5.41, 5.74) is 1.02. The van der Waals surface area contributed by atoms with Crippen molar-refractivity contribution in [2.75, 3.05) is 12.4 Å². The van der Waals surface area contributed by atoms with Gasteiger partial charge in [-0.3, -0.25) is 9.69 Å². The molecule has 0 aromatic carbocycles. The van der Waals surface area contributed by atoms with Crippen LogP contribution in [0.3, 0.4) is 0 Å². The van der Waals surface area contributed by atoms with Gasteiger partial charge in [-0.05, 0) is 33.0 Å². The second-order valence-electron chi connectivity index (χ2n) is 4.68. The molecule has 20 heavy (non-hydrogen) atoms. The summed E-state index contributed by atoms with van der Waals surface area (Å²) in [5.74, 6) is 0.502. The Morgan fingerprint density at radius 3 is 2.90 bits per heavy atom. The van der Waals surface area contributed by atoms with Crippen LogP contribution in [0.15, 0.2) is 29.8 Å². The average molecular weight is 290 g/mol. The van der Waals surface area contributed by atoms with Gasteiger partial charge in [-0.15, -0.1) is 11.3 Å². The summed E-state index contributed by atoms with van der Waals surface area (Å²) in [4.78, 5) is 22.6. The fourth-order valence-corrected chi connectivity index (χ4v) is 2.53. The van der Waals surface area contributed by atoms with Crippen LogP contribution in [-0.2, 0) is 11.3 Å². The van der Waals surface area contributed by atoms with Gasteiger partial charge in [-0.25, -0.2) is 9.97 Å². The van der Waals surface area contributed by atoms with Gasteiger partial charge in [0.1, 0.15) is 10.8 Å². The van der Waals surface area contributed by atoms with Crippen molar-refractivity contribution in [2.24, 2.45) is 0 Å². The number of nitrogens with zero attached hydrogens (tertiary/aromatic N) is 3. The van der Waals surface area contributed by atoms with Crippen molar-refractivity contribution >= 4 is 23.1 Å². The molecule has 2 aromatic heterocycles. The summed E-state index contributed by atoms with van der Waals surface area (Å²) in [5, 5.41) is 5.84. The van der Waals surface area contributed by atoms with Crippen LogP contribution in [-0.4, -0.2) is 33.9 Å². The van der Waals surface area contributed by atoms with Crippen LogP contribution < -0.4 is 5.32 Å². The number of likely N-dealkylation sites (N-methyl/N-ethyl adjacent to an activating group) is 1. The fourth-order valence-electron chi connectivity index (χ4n) is 1.69. The van der Waals surface area contributed by atoms with E-state index in [4.69, 9.17) is 0 Å². The average Bonchev–Trinajstić information content (AvgIpc) is 2.84. The molecule has 0 spiro atoms. The number of carbonyl (C=O) groups is 1. The van der Waals surface area contributed by atoms with Crippen molar-refractivity contribution in [3.8, 4) is 0 Å².